The van der Waals surface area contributed by atoms with Gasteiger partial charge in [-0.1, -0.05) is 35.4 Å². The molecule has 2 rings (SSSR count). The zero-order valence-corrected chi connectivity index (χ0v) is 11.9. The minimum atomic E-state index is 1.23. The molecule has 0 N–H and O–H groups in total. The minimum Gasteiger partial charge on any atom is -0.344 e. The van der Waals surface area contributed by atoms with Crippen molar-refractivity contribution in [2.24, 2.45) is 0 Å². The van der Waals surface area contributed by atoms with Gasteiger partial charge in [0.05, 0.1) is 0 Å². The number of rotatable bonds is 2. The van der Waals surface area contributed by atoms with Crippen LogP contribution in [0.25, 0.3) is 0 Å². The second-order valence-corrected chi connectivity index (χ2v) is 5.14. The Hall–Kier alpha value is -1.76. The average Bonchev–Trinajstić information content (AvgIpc) is 2.28. The highest BCUT2D eigenvalue weighted by atomic mass is 15.1. The maximum atomic E-state index is 2.27. The zero-order chi connectivity index (χ0) is 13.3. The molecule has 1 nitrogen and oxygen atoms in total. The minimum absolute atomic E-state index is 1.23. The van der Waals surface area contributed by atoms with E-state index < -0.39 is 0 Å². The Morgan fingerprint density at radius 2 is 1.22 bits per heavy atom. The Balaban J connectivity index is 2.46. The summed E-state index contributed by atoms with van der Waals surface area (Å²) in [5, 5.41) is 0. The van der Waals surface area contributed by atoms with Gasteiger partial charge in [0.25, 0.3) is 0 Å². The number of aryl methyl sites for hydroxylation is 4. The predicted octanol–water partition coefficient (Wildman–Crippen LogP) is 4.69. The summed E-state index contributed by atoms with van der Waals surface area (Å²) in [6.07, 6.45) is 0. The smallest absolute Gasteiger partial charge is 0.0467 e. The highest BCUT2D eigenvalue weighted by Gasteiger charge is 2.10. The number of anilines is 2. The normalized spacial score (nSPS) is 10.5. The standard InChI is InChI=1S/C17H21N/c1-12-6-8-16(9-7-12)18(5)17-14(3)10-13(2)11-15(17)4/h6-11H,1-5H3. The molecule has 0 heterocycles. The van der Waals surface area contributed by atoms with Crippen LogP contribution in [0.4, 0.5) is 11.4 Å². The molecule has 0 aliphatic heterocycles. The summed E-state index contributed by atoms with van der Waals surface area (Å²) >= 11 is 0. The predicted molar refractivity (Wildman–Crippen MR) is 79.9 cm³/mol. The Kier molecular flexibility index (Phi) is 3.42. The van der Waals surface area contributed by atoms with Crippen molar-refractivity contribution < 1.29 is 0 Å². The molecule has 0 saturated heterocycles. The number of hydrogen-bond donors (Lipinski definition) is 0. The first-order valence-corrected chi connectivity index (χ1v) is 6.37. The van der Waals surface area contributed by atoms with Crippen molar-refractivity contribution in [3.05, 3.63) is 58.7 Å². The van der Waals surface area contributed by atoms with Crippen LogP contribution in [0.5, 0.6) is 0 Å². The van der Waals surface area contributed by atoms with Gasteiger partial charge in [0.15, 0.2) is 0 Å². The quantitative estimate of drug-likeness (QED) is 0.735. The van der Waals surface area contributed by atoms with Crippen LogP contribution in [0.3, 0.4) is 0 Å². The second-order valence-electron chi connectivity index (χ2n) is 5.14. The maximum absolute atomic E-state index is 2.27. The summed E-state index contributed by atoms with van der Waals surface area (Å²) < 4.78 is 0. The molecule has 0 saturated carbocycles. The lowest BCUT2D eigenvalue weighted by molar-refractivity contribution is 1.15. The monoisotopic (exact) mass is 239 g/mol. The Morgan fingerprint density at radius 3 is 1.72 bits per heavy atom. The molecule has 18 heavy (non-hydrogen) atoms. The van der Waals surface area contributed by atoms with Gasteiger partial charge in [-0.15, -0.1) is 0 Å². The van der Waals surface area contributed by atoms with Crippen molar-refractivity contribution in [2.45, 2.75) is 27.7 Å². The largest absolute Gasteiger partial charge is 0.344 e. The molecule has 1 heteroatoms. The molecule has 2 aromatic carbocycles. The van der Waals surface area contributed by atoms with Crippen molar-refractivity contribution in [1.29, 1.82) is 0 Å². The van der Waals surface area contributed by atoms with Crippen LogP contribution in [-0.2, 0) is 0 Å². The lowest BCUT2D eigenvalue weighted by atomic mass is 10.0. The first-order chi connectivity index (χ1) is 8.49. The SMILES string of the molecule is Cc1ccc(N(C)c2c(C)cc(C)cc2C)cc1. The summed E-state index contributed by atoms with van der Waals surface area (Å²) in [4.78, 5) is 2.27. The lowest BCUT2D eigenvalue weighted by Crippen LogP contribution is -2.12. The second kappa shape index (κ2) is 4.85. The van der Waals surface area contributed by atoms with E-state index in [1.54, 1.807) is 0 Å². The van der Waals surface area contributed by atoms with E-state index >= 15 is 0 Å². The summed E-state index contributed by atoms with van der Waals surface area (Å²) in [7, 11) is 2.13. The maximum Gasteiger partial charge on any atom is 0.0467 e. The molecule has 0 aliphatic carbocycles. The van der Waals surface area contributed by atoms with Crippen LogP contribution >= 0.6 is 0 Å². The number of nitrogens with zero attached hydrogens (tertiary/aromatic N) is 1. The van der Waals surface area contributed by atoms with E-state index in [9.17, 15) is 0 Å². The van der Waals surface area contributed by atoms with Crippen molar-refractivity contribution in [1.82, 2.24) is 0 Å². The van der Waals surface area contributed by atoms with Gasteiger partial charge in [0, 0.05) is 18.4 Å². The Labute approximate surface area is 110 Å². The van der Waals surface area contributed by atoms with Crippen LogP contribution in [0, 0.1) is 27.7 Å². The van der Waals surface area contributed by atoms with Gasteiger partial charge < -0.3 is 4.90 Å². The van der Waals surface area contributed by atoms with Crippen molar-refractivity contribution in [3.63, 3.8) is 0 Å². The molecular formula is C17H21N. The van der Waals surface area contributed by atoms with Crippen LogP contribution in [0.1, 0.15) is 22.3 Å². The van der Waals surface area contributed by atoms with E-state index in [-0.39, 0.29) is 0 Å². The zero-order valence-electron chi connectivity index (χ0n) is 11.9. The molecule has 0 radical (unpaired) electrons. The first kappa shape index (κ1) is 12.7. The molecule has 0 aromatic heterocycles. The molecule has 94 valence electrons. The molecule has 2 aromatic rings. The van der Waals surface area contributed by atoms with E-state index in [2.05, 4.69) is 76.0 Å². The van der Waals surface area contributed by atoms with Crippen LogP contribution in [0.2, 0.25) is 0 Å². The van der Waals surface area contributed by atoms with Gasteiger partial charge in [-0.05, 0) is 51.0 Å². The third kappa shape index (κ3) is 2.40. The Morgan fingerprint density at radius 1 is 0.722 bits per heavy atom. The summed E-state index contributed by atoms with van der Waals surface area (Å²) in [6, 6.07) is 13.2. The summed E-state index contributed by atoms with van der Waals surface area (Å²) in [6.45, 7) is 8.63. The fraction of sp³-hybridized carbons (Fsp3) is 0.294. The van der Waals surface area contributed by atoms with Crippen LogP contribution in [-0.4, -0.2) is 7.05 Å². The molecule has 0 atom stereocenters. The van der Waals surface area contributed by atoms with Crippen molar-refractivity contribution in [2.75, 3.05) is 11.9 Å². The van der Waals surface area contributed by atoms with E-state index in [1.807, 2.05) is 0 Å². The summed E-state index contributed by atoms with van der Waals surface area (Å²) in [5.74, 6) is 0. The van der Waals surface area contributed by atoms with Gasteiger partial charge in [-0.2, -0.15) is 0 Å². The van der Waals surface area contributed by atoms with Crippen LogP contribution in [0.15, 0.2) is 36.4 Å². The van der Waals surface area contributed by atoms with Gasteiger partial charge in [-0.3, -0.25) is 0 Å². The van der Waals surface area contributed by atoms with Crippen LogP contribution < -0.4 is 4.90 Å². The van der Waals surface area contributed by atoms with Crippen molar-refractivity contribution in [3.8, 4) is 0 Å². The highest BCUT2D eigenvalue weighted by molar-refractivity contribution is 5.69. The number of hydrogen-bond acceptors (Lipinski definition) is 1. The molecular weight excluding hydrogens is 218 g/mol. The van der Waals surface area contributed by atoms with E-state index in [0.717, 1.165) is 0 Å². The molecule has 0 bridgehead atoms. The molecule has 0 aliphatic rings. The molecule has 0 unspecified atom stereocenters. The first-order valence-electron chi connectivity index (χ1n) is 6.37. The van der Waals surface area contributed by atoms with Gasteiger partial charge >= 0.3 is 0 Å². The number of benzene rings is 2. The third-order valence-electron chi connectivity index (χ3n) is 3.39. The fourth-order valence-corrected chi connectivity index (χ4v) is 2.60. The molecule has 0 amide bonds. The van der Waals surface area contributed by atoms with E-state index in [1.165, 1.54) is 33.6 Å². The third-order valence-corrected chi connectivity index (χ3v) is 3.39. The fourth-order valence-electron chi connectivity index (χ4n) is 2.60. The van der Waals surface area contributed by atoms with E-state index in [4.69, 9.17) is 0 Å². The highest BCUT2D eigenvalue weighted by Crippen LogP contribution is 2.30. The average molecular weight is 239 g/mol. The molecule has 0 spiro atoms. The Bertz CT molecular complexity index is 529. The van der Waals surface area contributed by atoms with Gasteiger partial charge in [-0.25, -0.2) is 0 Å². The van der Waals surface area contributed by atoms with Gasteiger partial charge in [0.1, 0.15) is 0 Å². The summed E-state index contributed by atoms with van der Waals surface area (Å²) in [5.41, 5.74) is 7.82. The molecule has 0 fully saturated rings. The van der Waals surface area contributed by atoms with Crippen molar-refractivity contribution >= 4 is 11.4 Å². The topological polar surface area (TPSA) is 3.24 Å². The lowest BCUT2D eigenvalue weighted by Gasteiger charge is -2.24. The van der Waals surface area contributed by atoms with E-state index in [0.29, 0.717) is 0 Å². The van der Waals surface area contributed by atoms with Gasteiger partial charge in [0.2, 0.25) is 0 Å².